The smallest absolute Gasteiger partial charge is 0.412 e. The third kappa shape index (κ3) is 5.73. The molecule has 1 atom stereocenters. The predicted molar refractivity (Wildman–Crippen MR) is 154 cm³/mol. The van der Waals surface area contributed by atoms with Crippen LogP contribution in [0.1, 0.15) is 31.8 Å². The third-order valence-electron chi connectivity index (χ3n) is 7.53. The number of hydrogen-bond acceptors (Lipinski definition) is 12. The van der Waals surface area contributed by atoms with Crippen LogP contribution in [0.4, 0.5) is 4.79 Å². The van der Waals surface area contributed by atoms with Crippen LogP contribution in [0.25, 0.3) is 10.9 Å². The van der Waals surface area contributed by atoms with E-state index in [-0.39, 0.29) is 42.8 Å². The summed E-state index contributed by atoms with van der Waals surface area (Å²) < 4.78 is 33.5. The number of likely N-dealkylation sites (N-methyl/N-ethyl adjacent to an activating group) is 1. The number of nitrogens with zero attached hydrogens (tertiary/aromatic N) is 7. The Labute approximate surface area is 250 Å². The summed E-state index contributed by atoms with van der Waals surface area (Å²) in [5.74, 6) is -0.0606. The number of amidine groups is 1. The minimum Gasteiger partial charge on any atom is -0.453 e. The number of H-pyrrole nitrogens is 2. The van der Waals surface area contributed by atoms with Crippen LogP contribution >= 0.6 is 11.3 Å². The van der Waals surface area contributed by atoms with Crippen molar-refractivity contribution in [3.05, 3.63) is 51.2 Å². The van der Waals surface area contributed by atoms with E-state index >= 15 is 0 Å². The molecule has 0 spiro atoms. The van der Waals surface area contributed by atoms with Gasteiger partial charge in [0.15, 0.2) is 10.8 Å². The van der Waals surface area contributed by atoms with E-state index in [1.807, 2.05) is 7.05 Å². The Bertz CT molecular complexity index is 1800. The Kier molecular flexibility index (Phi) is 7.67. The number of rotatable bonds is 6. The normalized spacial score (nSPS) is 18.0. The molecule has 1 unspecified atom stereocenters. The fraction of sp³-hybridized carbons (Fsp3) is 0.400. The first-order valence-corrected chi connectivity index (χ1v) is 15.6. The number of alkyl carbamates (subject to hydrolysis) is 1. The molecule has 6 rings (SSSR count). The van der Waals surface area contributed by atoms with Crippen molar-refractivity contribution in [2.24, 2.45) is 0 Å². The number of sulfonamides is 1. The summed E-state index contributed by atoms with van der Waals surface area (Å²) in [7, 11) is -0.772. The molecule has 2 aliphatic heterocycles. The number of fused-ring (bicyclic) bond motifs is 2. The molecule has 1 saturated heterocycles. The molecule has 1 fully saturated rings. The maximum atomic E-state index is 13.8. The zero-order valence-electron chi connectivity index (χ0n) is 23.3. The zero-order chi connectivity index (χ0) is 30.3. The van der Waals surface area contributed by atoms with Gasteiger partial charge in [0.1, 0.15) is 10.9 Å². The quantitative estimate of drug-likeness (QED) is 0.173. The van der Waals surface area contributed by atoms with E-state index in [2.05, 4.69) is 45.5 Å². The van der Waals surface area contributed by atoms with Crippen molar-refractivity contribution >= 4 is 50.1 Å². The van der Waals surface area contributed by atoms with E-state index in [1.54, 1.807) is 23.1 Å². The number of ether oxygens (including phenoxy) is 1. The lowest BCUT2D eigenvalue weighted by Gasteiger charge is -2.39. The van der Waals surface area contributed by atoms with Crippen LogP contribution in [0, 0.1) is 5.41 Å². The number of hydrogen-bond donors (Lipinski definition) is 4. The molecule has 43 heavy (non-hydrogen) atoms. The number of thiazole rings is 1. The lowest BCUT2D eigenvalue weighted by Crippen LogP contribution is -2.57. The van der Waals surface area contributed by atoms with E-state index in [0.717, 1.165) is 30.1 Å². The van der Waals surface area contributed by atoms with E-state index in [1.165, 1.54) is 28.8 Å². The molecule has 0 aliphatic carbocycles. The maximum Gasteiger partial charge on any atom is 0.412 e. The van der Waals surface area contributed by atoms with Crippen molar-refractivity contribution in [1.29, 1.82) is 5.41 Å². The minimum absolute atomic E-state index is 0.0186. The number of aromatic amines is 2. The summed E-state index contributed by atoms with van der Waals surface area (Å²) in [5.41, 5.74) is 1.87. The second kappa shape index (κ2) is 11.4. The third-order valence-corrected chi connectivity index (χ3v) is 10.4. The van der Waals surface area contributed by atoms with Crippen LogP contribution in [0.15, 0.2) is 29.3 Å². The van der Waals surface area contributed by atoms with Gasteiger partial charge in [-0.15, -0.1) is 21.5 Å². The largest absolute Gasteiger partial charge is 0.453 e. The molecule has 5 heterocycles. The van der Waals surface area contributed by atoms with Gasteiger partial charge < -0.3 is 19.5 Å². The number of methoxy groups -OCH3 is 1. The minimum atomic E-state index is -4.00. The second-order valence-electron chi connectivity index (χ2n) is 10.4. The summed E-state index contributed by atoms with van der Waals surface area (Å²) in [6, 6.07) is 5.76. The van der Waals surface area contributed by atoms with Gasteiger partial charge in [-0.25, -0.2) is 18.2 Å². The van der Waals surface area contributed by atoms with Crippen LogP contribution in [0.3, 0.4) is 0 Å². The van der Waals surface area contributed by atoms with Gasteiger partial charge in [-0.05, 0) is 31.3 Å². The lowest BCUT2D eigenvalue weighted by atomic mass is 10.1. The molecule has 2 aliphatic rings. The Hall–Kier alpha value is -4.26. The zero-order valence-corrected chi connectivity index (χ0v) is 25.0. The molecule has 16 nitrogen and oxygen atoms in total. The highest BCUT2D eigenvalue weighted by Gasteiger charge is 2.39. The summed E-state index contributed by atoms with van der Waals surface area (Å²) >= 11 is 1.39. The molecule has 2 amide bonds. The number of carbonyl (C=O) groups excluding carboxylic acids is 2. The molecule has 18 heteroatoms. The molecule has 0 bridgehead atoms. The summed E-state index contributed by atoms with van der Waals surface area (Å²) in [4.78, 5) is 37.7. The van der Waals surface area contributed by atoms with Crippen molar-refractivity contribution in [2.45, 2.75) is 30.5 Å². The van der Waals surface area contributed by atoms with Crippen molar-refractivity contribution in [3.8, 4) is 0 Å². The van der Waals surface area contributed by atoms with Gasteiger partial charge in [-0.1, -0.05) is 5.21 Å². The summed E-state index contributed by atoms with van der Waals surface area (Å²) in [6.07, 6.45) is 0.202. The van der Waals surface area contributed by atoms with Crippen LogP contribution < -0.4 is 5.32 Å². The summed E-state index contributed by atoms with van der Waals surface area (Å²) in [5, 5.41) is 25.4. The van der Waals surface area contributed by atoms with Gasteiger partial charge in [0.2, 0.25) is 0 Å². The Morgan fingerprint density at radius 3 is 2.84 bits per heavy atom. The topological polar surface area (TPSA) is 206 Å². The Balaban J connectivity index is 1.24. The van der Waals surface area contributed by atoms with Crippen molar-refractivity contribution in [2.75, 3.05) is 40.3 Å². The van der Waals surface area contributed by atoms with E-state index in [0.29, 0.717) is 27.3 Å². The number of carbonyl (C=O) groups is 2. The fourth-order valence-corrected chi connectivity index (χ4v) is 7.90. The highest BCUT2D eigenvalue weighted by molar-refractivity contribution is 7.89. The second-order valence-corrected chi connectivity index (χ2v) is 13.3. The van der Waals surface area contributed by atoms with E-state index in [4.69, 9.17) is 5.41 Å². The molecular formula is C25H29N11O5S2. The molecule has 4 aromatic rings. The van der Waals surface area contributed by atoms with Gasteiger partial charge in [0.25, 0.3) is 15.9 Å². The fourth-order valence-electron chi connectivity index (χ4n) is 5.27. The molecule has 226 valence electrons. The number of amides is 2. The van der Waals surface area contributed by atoms with Crippen LogP contribution in [0.2, 0.25) is 0 Å². The van der Waals surface area contributed by atoms with Gasteiger partial charge in [0.05, 0.1) is 18.8 Å². The summed E-state index contributed by atoms with van der Waals surface area (Å²) in [6.45, 7) is 1.88. The molecule has 0 radical (unpaired) electrons. The first-order chi connectivity index (χ1) is 20.6. The number of benzene rings is 1. The van der Waals surface area contributed by atoms with Crippen LogP contribution in [0.5, 0.6) is 0 Å². The van der Waals surface area contributed by atoms with E-state index in [9.17, 15) is 18.0 Å². The standard InChI is InChI=1S/C25H29N11O5S2/c1-34-6-5-18-19(13-34)42-23(28-18)24(37)36-8-7-35(12-16(36)11-20-30-32-33-31-20)43(39,40)21-10-15-9-14(3-4-17(15)27-21)22(26)29-25(38)41-2/h3-4,9-10,16,27H,5-8,11-13H2,1-2H3,(H2,26,29,38)(H,30,31,32,33). The SMILES string of the molecule is COC(=O)NC(=N)c1ccc2[nH]c(S(=O)(=O)N3CCN(C(=O)c4nc5c(s4)CN(C)CC5)C(Cc4nn[nH]n4)C3)cc2c1. The predicted octanol–water partition coefficient (Wildman–Crippen LogP) is 0.565. The molecule has 3 aromatic heterocycles. The first kappa shape index (κ1) is 28.8. The van der Waals surface area contributed by atoms with Gasteiger partial charge in [-0.2, -0.15) is 9.52 Å². The average Bonchev–Trinajstić information content (AvgIpc) is 3.76. The van der Waals surface area contributed by atoms with Crippen molar-refractivity contribution in [1.82, 2.24) is 50.0 Å². The van der Waals surface area contributed by atoms with Crippen molar-refractivity contribution < 1.29 is 22.7 Å². The van der Waals surface area contributed by atoms with Gasteiger partial charge in [-0.3, -0.25) is 15.5 Å². The Morgan fingerprint density at radius 2 is 2.07 bits per heavy atom. The number of aromatic nitrogens is 6. The number of nitrogens with one attached hydrogen (secondary N) is 4. The first-order valence-electron chi connectivity index (χ1n) is 13.4. The van der Waals surface area contributed by atoms with E-state index < -0.39 is 22.2 Å². The van der Waals surface area contributed by atoms with Gasteiger partial charge in [0, 0.05) is 66.9 Å². The monoisotopic (exact) mass is 627 g/mol. The Morgan fingerprint density at radius 1 is 1.23 bits per heavy atom. The van der Waals surface area contributed by atoms with Gasteiger partial charge >= 0.3 is 6.09 Å². The van der Waals surface area contributed by atoms with Crippen molar-refractivity contribution in [3.63, 3.8) is 0 Å². The highest BCUT2D eigenvalue weighted by Crippen LogP contribution is 2.29. The molecule has 4 N–H and O–H groups in total. The maximum absolute atomic E-state index is 13.8. The molecule has 0 saturated carbocycles. The number of tetrazole rings is 1. The average molecular weight is 628 g/mol. The number of piperazine rings is 1. The van der Waals surface area contributed by atoms with Crippen LogP contribution in [-0.2, 0) is 34.1 Å². The highest BCUT2D eigenvalue weighted by atomic mass is 32.2. The lowest BCUT2D eigenvalue weighted by molar-refractivity contribution is 0.0561. The molecule has 1 aromatic carbocycles. The molecular weight excluding hydrogens is 598 g/mol. The van der Waals surface area contributed by atoms with Crippen LogP contribution in [-0.4, -0.2) is 117 Å².